The molecule has 0 saturated heterocycles. The van der Waals surface area contributed by atoms with Crippen molar-refractivity contribution in [3.05, 3.63) is 81.9 Å². The van der Waals surface area contributed by atoms with Gasteiger partial charge in [-0.25, -0.2) is 4.98 Å². The maximum absolute atomic E-state index is 12.2. The number of fused-ring (bicyclic) bond motifs is 1. The Bertz CT molecular complexity index is 840. The Hall–Kier alpha value is -2.46. The van der Waals surface area contributed by atoms with Crippen LogP contribution in [0.15, 0.2) is 59.5 Å². The van der Waals surface area contributed by atoms with Gasteiger partial charge in [0, 0.05) is 24.8 Å². The van der Waals surface area contributed by atoms with Gasteiger partial charge in [0.2, 0.25) is 0 Å². The zero-order chi connectivity index (χ0) is 15.5. The molecule has 4 nitrogen and oxygen atoms in total. The normalized spacial score (nSPS) is 12.5. The Morgan fingerprint density at radius 3 is 2.73 bits per heavy atom. The Labute approximate surface area is 129 Å². The van der Waals surface area contributed by atoms with Gasteiger partial charge < -0.3 is 5.32 Å². The molecule has 0 aliphatic heterocycles. The monoisotopic (exact) mass is 293 g/mol. The minimum Gasteiger partial charge on any atom is -0.305 e. The third-order valence-electron chi connectivity index (χ3n) is 3.75. The van der Waals surface area contributed by atoms with Crippen molar-refractivity contribution >= 4 is 5.65 Å². The quantitative estimate of drug-likeness (QED) is 0.804. The number of nitrogens with zero attached hydrogens (tertiary/aromatic N) is 2. The average Bonchev–Trinajstić information content (AvgIpc) is 2.54. The molecule has 1 atom stereocenters. The molecule has 0 unspecified atom stereocenters. The first-order valence-electron chi connectivity index (χ1n) is 7.41. The molecule has 22 heavy (non-hydrogen) atoms. The molecule has 0 fully saturated rings. The summed E-state index contributed by atoms with van der Waals surface area (Å²) in [4.78, 5) is 16.7. The van der Waals surface area contributed by atoms with Crippen LogP contribution in [0.5, 0.6) is 0 Å². The summed E-state index contributed by atoms with van der Waals surface area (Å²) in [6, 6.07) is 15.9. The number of pyridine rings is 1. The highest BCUT2D eigenvalue weighted by Crippen LogP contribution is 2.11. The first kappa shape index (κ1) is 14.5. The van der Waals surface area contributed by atoms with Crippen LogP contribution in [0.25, 0.3) is 5.65 Å². The molecule has 2 heterocycles. The number of benzene rings is 1. The van der Waals surface area contributed by atoms with E-state index in [1.165, 1.54) is 5.56 Å². The lowest BCUT2D eigenvalue weighted by Crippen LogP contribution is -2.22. The van der Waals surface area contributed by atoms with Gasteiger partial charge in [-0.05, 0) is 31.0 Å². The first-order chi connectivity index (χ1) is 10.6. The second-order valence-electron chi connectivity index (χ2n) is 5.53. The minimum atomic E-state index is -0.0436. The SMILES string of the molecule is Cc1ccc2nc(CN[C@@H](C)c3ccccc3)cc(=O)n2c1. The number of aromatic nitrogens is 2. The lowest BCUT2D eigenvalue weighted by Gasteiger charge is -2.14. The zero-order valence-corrected chi connectivity index (χ0v) is 12.8. The van der Waals surface area contributed by atoms with E-state index in [2.05, 4.69) is 29.4 Å². The van der Waals surface area contributed by atoms with E-state index in [4.69, 9.17) is 0 Å². The standard InChI is InChI=1S/C18H19N3O/c1-13-8-9-17-20-16(10-18(22)21(17)12-13)11-19-14(2)15-6-4-3-5-7-15/h3-10,12,14,19H,11H2,1-2H3/t14-/m0/s1. The van der Waals surface area contributed by atoms with Crippen molar-refractivity contribution in [1.82, 2.24) is 14.7 Å². The van der Waals surface area contributed by atoms with E-state index in [9.17, 15) is 4.79 Å². The predicted octanol–water partition coefficient (Wildman–Crippen LogP) is 2.85. The van der Waals surface area contributed by atoms with Crippen molar-refractivity contribution in [2.24, 2.45) is 0 Å². The van der Waals surface area contributed by atoms with Crippen LogP contribution >= 0.6 is 0 Å². The molecule has 0 radical (unpaired) electrons. The first-order valence-corrected chi connectivity index (χ1v) is 7.41. The highest BCUT2D eigenvalue weighted by atomic mass is 16.1. The number of hydrogen-bond acceptors (Lipinski definition) is 3. The molecule has 112 valence electrons. The lowest BCUT2D eigenvalue weighted by molar-refractivity contribution is 0.567. The van der Waals surface area contributed by atoms with Crippen LogP contribution < -0.4 is 10.9 Å². The summed E-state index contributed by atoms with van der Waals surface area (Å²) in [7, 11) is 0. The van der Waals surface area contributed by atoms with Gasteiger partial charge >= 0.3 is 0 Å². The van der Waals surface area contributed by atoms with Crippen LogP contribution in [0.3, 0.4) is 0 Å². The molecule has 0 aliphatic rings. The summed E-state index contributed by atoms with van der Waals surface area (Å²) in [6.07, 6.45) is 1.81. The predicted molar refractivity (Wildman–Crippen MR) is 87.9 cm³/mol. The van der Waals surface area contributed by atoms with Gasteiger partial charge in [0.1, 0.15) is 5.65 Å². The molecule has 0 saturated carbocycles. The summed E-state index contributed by atoms with van der Waals surface area (Å²) in [5.41, 5.74) is 3.66. The summed E-state index contributed by atoms with van der Waals surface area (Å²) < 4.78 is 1.58. The van der Waals surface area contributed by atoms with E-state index in [1.54, 1.807) is 10.5 Å². The van der Waals surface area contributed by atoms with E-state index in [-0.39, 0.29) is 11.6 Å². The van der Waals surface area contributed by atoms with Crippen molar-refractivity contribution in [2.75, 3.05) is 0 Å². The number of aryl methyl sites for hydroxylation is 1. The zero-order valence-electron chi connectivity index (χ0n) is 12.8. The van der Waals surface area contributed by atoms with Crippen molar-refractivity contribution in [3.63, 3.8) is 0 Å². The average molecular weight is 293 g/mol. The van der Waals surface area contributed by atoms with Crippen LogP contribution in [0.2, 0.25) is 0 Å². The van der Waals surface area contributed by atoms with Crippen LogP contribution in [-0.2, 0) is 6.54 Å². The Morgan fingerprint density at radius 2 is 1.95 bits per heavy atom. The summed E-state index contributed by atoms with van der Waals surface area (Å²) >= 11 is 0. The van der Waals surface area contributed by atoms with Gasteiger partial charge in [-0.1, -0.05) is 36.4 Å². The van der Waals surface area contributed by atoms with Gasteiger partial charge in [-0.15, -0.1) is 0 Å². The van der Waals surface area contributed by atoms with Crippen molar-refractivity contribution < 1.29 is 0 Å². The second kappa shape index (κ2) is 6.12. The Kier molecular flexibility index (Phi) is 4.02. The molecule has 2 aromatic heterocycles. The van der Waals surface area contributed by atoms with E-state index in [1.807, 2.05) is 43.5 Å². The fraction of sp³-hybridized carbons (Fsp3) is 0.222. The number of hydrogen-bond donors (Lipinski definition) is 1. The summed E-state index contributed by atoms with van der Waals surface area (Å²) in [5, 5.41) is 3.41. The van der Waals surface area contributed by atoms with E-state index < -0.39 is 0 Å². The fourth-order valence-corrected chi connectivity index (χ4v) is 2.47. The third kappa shape index (κ3) is 3.07. The van der Waals surface area contributed by atoms with Crippen LogP contribution in [0, 0.1) is 6.92 Å². The smallest absolute Gasteiger partial charge is 0.258 e. The van der Waals surface area contributed by atoms with Gasteiger partial charge in [0.05, 0.1) is 5.69 Å². The molecule has 4 heteroatoms. The van der Waals surface area contributed by atoms with Gasteiger partial charge in [-0.2, -0.15) is 0 Å². The molecule has 1 aromatic carbocycles. The van der Waals surface area contributed by atoms with Gasteiger partial charge in [0.15, 0.2) is 0 Å². The third-order valence-corrected chi connectivity index (χ3v) is 3.75. The van der Waals surface area contributed by atoms with E-state index in [0.29, 0.717) is 12.2 Å². The van der Waals surface area contributed by atoms with Crippen molar-refractivity contribution in [3.8, 4) is 0 Å². The van der Waals surface area contributed by atoms with Crippen LogP contribution in [0.1, 0.15) is 29.8 Å². The topological polar surface area (TPSA) is 46.4 Å². The molecular weight excluding hydrogens is 274 g/mol. The van der Waals surface area contributed by atoms with Gasteiger partial charge in [-0.3, -0.25) is 9.20 Å². The second-order valence-corrected chi connectivity index (χ2v) is 5.53. The molecule has 3 aromatic rings. The number of nitrogens with one attached hydrogen (secondary N) is 1. The van der Waals surface area contributed by atoms with Gasteiger partial charge in [0.25, 0.3) is 5.56 Å². The Balaban J connectivity index is 1.80. The van der Waals surface area contributed by atoms with E-state index >= 15 is 0 Å². The Morgan fingerprint density at radius 1 is 1.18 bits per heavy atom. The largest absolute Gasteiger partial charge is 0.305 e. The maximum Gasteiger partial charge on any atom is 0.258 e. The van der Waals surface area contributed by atoms with Crippen LogP contribution in [0.4, 0.5) is 0 Å². The summed E-state index contributed by atoms with van der Waals surface area (Å²) in [5.74, 6) is 0. The van der Waals surface area contributed by atoms with Crippen molar-refractivity contribution in [2.45, 2.75) is 26.4 Å². The van der Waals surface area contributed by atoms with Crippen molar-refractivity contribution in [1.29, 1.82) is 0 Å². The lowest BCUT2D eigenvalue weighted by atomic mass is 10.1. The molecule has 3 rings (SSSR count). The highest BCUT2D eigenvalue weighted by molar-refractivity contribution is 5.39. The number of rotatable bonds is 4. The molecule has 0 bridgehead atoms. The maximum atomic E-state index is 12.2. The molecule has 0 aliphatic carbocycles. The van der Waals surface area contributed by atoms with E-state index in [0.717, 1.165) is 11.3 Å². The highest BCUT2D eigenvalue weighted by Gasteiger charge is 2.06. The molecule has 0 spiro atoms. The molecule has 0 amide bonds. The molecule has 1 N–H and O–H groups in total. The molecular formula is C18H19N3O. The summed E-state index contributed by atoms with van der Waals surface area (Å²) in [6.45, 7) is 4.63. The van der Waals surface area contributed by atoms with Crippen LogP contribution in [-0.4, -0.2) is 9.38 Å². The fourth-order valence-electron chi connectivity index (χ4n) is 2.47. The minimum absolute atomic E-state index is 0.0436.